The first-order valence-corrected chi connectivity index (χ1v) is 5.68. The van der Waals surface area contributed by atoms with Crippen LogP contribution in [0, 0.1) is 0 Å². The van der Waals surface area contributed by atoms with Crippen LogP contribution in [0.5, 0.6) is 17.2 Å². The second-order valence-corrected chi connectivity index (χ2v) is 3.87. The molecule has 0 aliphatic heterocycles. The van der Waals surface area contributed by atoms with Crippen molar-refractivity contribution >= 4 is 5.97 Å². The van der Waals surface area contributed by atoms with Crippen molar-refractivity contribution in [3.8, 4) is 17.2 Å². The normalized spacial score (nSPS) is 11.8. The van der Waals surface area contributed by atoms with Crippen molar-refractivity contribution in [2.24, 2.45) is 0 Å². The van der Waals surface area contributed by atoms with E-state index in [4.69, 9.17) is 24.1 Å². The van der Waals surface area contributed by atoms with E-state index in [-0.39, 0.29) is 11.7 Å². The minimum atomic E-state index is -1.06. The second-order valence-electron chi connectivity index (χ2n) is 3.87. The first-order valence-electron chi connectivity index (χ1n) is 5.68. The van der Waals surface area contributed by atoms with Gasteiger partial charge in [0.1, 0.15) is 6.61 Å². The highest BCUT2D eigenvalue weighted by atomic mass is 16.6. The molecule has 19 heavy (non-hydrogen) atoms. The molecule has 0 aromatic heterocycles. The Balaban J connectivity index is 3.10. The monoisotopic (exact) mass is 270 g/mol. The lowest BCUT2D eigenvalue weighted by molar-refractivity contribution is 0.0681. The minimum absolute atomic E-state index is 0.0702. The average molecular weight is 270 g/mol. The molecule has 6 nitrogen and oxygen atoms in total. The number of rotatable bonds is 7. The van der Waals surface area contributed by atoms with E-state index in [9.17, 15) is 4.79 Å². The zero-order valence-corrected chi connectivity index (χ0v) is 11.4. The summed E-state index contributed by atoms with van der Waals surface area (Å²) in [5.41, 5.74) is 0.0702. The van der Waals surface area contributed by atoms with Crippen LogP contribution in [-0.4, -0.2) is 45.1 Å². The molecule has 1 atom stereocenters. The van der Waals surface area contributed by atoms with Crippen molar-refractivity contribution in [1.82, 2.24) is 0 Å². The summed E-state index contributed by atoms with van der Waals surface area (Å²) in [5.74, 6) is -0.0904. The minimum Gasteiger partial charge on any atom is -0.493 e. The number of hydrogen-bond donors (Lipinski definition) is 1. The van der Waals surface area contributed by atoms with Gasteiger partial charge in [0.15, 0.2) is 11.5 Å². The van der Waals surface area contributed by atoms with Gasteiger partial charge in [0.05, 0.1) is 25.9 Å². The van der Waals surface area contributed by atoms with Crippen molar-refractivity contribution in [2.75, 3.05) is 27.9 Å². The molecule has 0 spiro atoms. The Morgan fingerprint density at radius 3 is 2.11 bits per heavy atom. The predicted molar refractivity (Wildman–Crippen MR) is 68.5 cm³/mol. The molecule has 1 aromatic rings. The summed E-state index contributed by atoms with van der Waals surface area (Å²) in [6, 6.07) is 2.77. The van der Waals surface area contributed by atoms with Crippen molar-refractivity contribution in [2.45, 2.75) is 13.0 Å². The fraction of sp³-hybridized carbons (Fsp3) is 0.462. The summed E-state index contributed by atoms with van der Waals surface area (Å²) < 4.78 is 20.9. The Labute approximate surface area is 111 Å². The third-order valence-corrected chi connectivity index (χ3v) is 2.57. The van der Waals surface area contributed by atoms with Gasteiger partial charge >= 0.3 is 5.97 Å². The van der Waals surface area contributed by atoms with Crippen LogP contribution in [0.1, 0.15) is 17.3 Å². The molecular weight excluding hydrogens is 252 g/mol. The first kappa shape index (κ1) is 15.1. The van der Waals surface area contributed by atoms with Crippen molar-refractivity contribution in [3.63, 3.8) is 0 Å². The number of carboxylic acid groups (broad SMARTS) is 1. The molecule has 1 rings (SSSR count). The number of carbonyl (C=O) groups is 1. The van der Waals surface area contributed by atoms with E-state index >= 15 is 0 Å². The summed E-state index contributed by atoms with van der Waals surface area (Å²) in [6.07, 6.45) is -0.103. The van der Waals surface area contributed by atoms with Gasteiger partial charge in [-0.3, -0.25) is 0 Å². The highest BCUT2D eigenvalue weighted by Gasteiger charge is 2.17. The van der Waals surface area contributed by atoms with Crippen LogP contribution in [-0.2, 0) is 4.74 Å². The molecule has 1 unspecified atom stereocenters. The highest BCUT2D eigenvalue weighted by Crippen LogP contribution is 2.38. The van der Waals surface area contributed by atoms with Crippen LogP contribution in [0.15, 0.2) is 12.1 Å². The van der Waals surface area contributed by atoms with Gasteiger partial charge in [-0.2, -0.15) is 0 Å². The van der Waals surface area contributed by atoms with Crippen molar-refractivity contribution in [3.05, 3.63) is 17.7 Å². The van der Waals surface area contributed by atoms with Crippen LogP contribution < -0.4 is 14.2 Å². The maximum atomic E-state index is 11.0. The standard InChI is InChI=1S/C13H18O6/c1-8(16-2)7-19-12-10(17-3)5-9(13(14)15)6-11(12)18-4/h5-6,8H,7H2,1-4H3,(H,14,15). The number of hydrogen-bond acceptors (Lipinski definition) is 5. The van der Waals surface area contributed by atoms with E-state index in [0.717, 1.165) is 0 Å². The van der Waals surface area contributed by atoms with Gasteiger partial charge in [0.2, 0.25) is 5.75 Å². The van der Waals surface area contributed by atoms with Gasteiger partial charge in [-0.15, -0.1) is 0 Å². The Kier molecular flexibility index (Phi) is 5.44. The largest absolute Gasteiger partial charge is 0.493 e. The topological polar surface area (TPSA) is 74.2 Å². The van der Waals surface area contributed by atoms with Gasteiger partial charge in [-0.25, -0.2) is 4.79 Å². The SMILES string of the molecule is COc1cc(C(=O)O)cc(OC)c1OCC(C)OC. The molecule has 0 bridgehead atoms. The average Bonchev–Trinajstić information content (AvgIpc) is 2.43. The van der Waals surface area contributed by atoms with Crippen LogP contribution in [0.3, 0.4) is 0 Å². The van der Waals surface area contributed by atoms with Gasteiger partial charge in [-0.1, -0.05) is 0 Å². The zero-order chi connectivity index (χ0) is 14.4. The number of carboxylic acids is 1. The molecule has 0 saturated heterocycles. The molecule has 1 aromatic carbocycles. The third-order valence-electron chi connectivity index (χ3n) is 2.57. The molecule has 0 saturated carbocycles. The molecule has 0 amide bonds. The molecule has 0 heterocycles. The second kappa shape index (κ2) is 6.84. The molecule has 6 heteroatoms. The highest BCUT2D eigenvalue weighted by molar-refractivity contribution is 5.89. The smallest absolute Gasteiger partial charge is 0.335 e. The Hall–Kier alpha value is -1.95. The fourth-order valence-corrected chi connectivity index (χ4v) is 1.41. The number of aromatic carboxylic acids is 1. The van der Waals surface area contributed by atoms with Crippen molar-refractivity contribution in [1.29, 1.82) is 0 Å². The number of ether oxygens (including phenoxy) is 4. The first-order chi connectivity index (χ1) is 9.03. The number of benzene rings is 1. The lowest BCUT2D eigenvalue weighted by Crippen LogP contribution is -2.16. The molecule has 1 N–H and O–H groups in total. The third kappa shape index (κ3) is 3.75. The van der Waals surface area contributed by atoms with Gasteiger partial charge in [0, 0.05) is 7.11 Å². The zero-order valence-electron chi connectivity index (χ0n) is 11.4. The molecular formula is C13H18O6. The predicted octanol–water partition coefficient (Wildman–Crippen LogP) is 1.82. The molecule has 0 fully saturated rings. The van der Waals surface area contributed by atoms with Gasteiger partial charge in [-0.05, 0) is 19.1 Å². The fourth-order valence-electron chi connectivity index (χ4n) is 1.41. The maximum Gasteiger partial charge on any atom is 0.335 e. The van der Waals surface area contributed by atoms with E-state index in [0.29, 0.717) is 23.9 Å². The lowest BCUT2D eigenvalue weighted by Gasteiger charge is -2.17. The van der Waals surface area contributed by atoms with E-state index in [1.54, 1.807) is 7.11 Å². The lowest BCUT2D eigenvalue weighted by atomic mass is 10.2. The Bertz CT molecular complexity index is 418. The quantitative estimate of drug-likeness (QED) is 0.814. The summed E-state index contributed by atoms with van der Waals surface area (Å²) in [5, 5.41) is 9.00. The van der Waals surface area contributed by atoms with E-state index in [1.165, 1.54) is 26.4 Å². The van der Waals surface area contributed by atoms with E-state index in [2.05, 4.69) is 0 Å². The van der Waals surface area contributed by atoms with Crippen LogP contribution in [0.25, 0.3) is 0 Å². The molecule has 106 valence electrons. The van der Waals surface area contributed by atoms with Crippen LogP contribution >= 0.6 is 0 Å². The molecule has 0 aliphatic rings. The maximum absolute atomic E-state index is 11.0. The molecule has 0 radical (unpaired) electrons. The van der Waals surface area contributed by atoms with Crippen molar-refractivity contribution < 1.29 is 28.8 Å². The summed E-state index contributed by atoms with van der Waals surface area (Å²) in [7, 11) is 4.45. The van der Waals surface area contributed by atoms with E-state index < -0.39 is 5.97 Å². The van der Waals surface area contributed by atoms with Crippen LogP contribution in [0.4, 0.5) is 0 Å². The summed E-state index contributed by atoms with van der Waals surface area (Å²) >= 11 is 0. The van der Waals surface area contributed by atoms with E-state index in [1.807, 2.05) is 6.92 Å². The Morgan fingerprint density at radius 1 is 1.21 bits per heavy atom. The van der Waals surface area contributed by atoms with Crippen LogP contribution in [0.2, 0.25) is 0 Å². The number of methoxy groups -OCH3 is 3. The summed E-state index contributed by atoms with van der Waals surface area (Å²) in [4.78, 5) is 11.0. The Morgan fingerprint density at radius 2 is 1.74 bits per heavy atom. The molecule has 0 aliphatic carbocycles. The van der Waals surface area contributed by atoms with Gasteiger partial charge < -0.3 is 24.1 Å². The summed E-state index contributed by atoms with van der Waals surface area (Å²) in [6.45, 7) is 2.15. The van der Waals surface area contributed by atoms with Gasteiger partial charge in [0.25, 0.3) is 0 Å².